The zero-order valence-electron chi connectivity index (χ0n) is 12.1. The van der Waals surface area contributed by atoms with E-state index in [0.29, 0.717) is 38.5 Å². The van der Waals surface area contributed by atoms with Crippen molar-refractivity contribution in [2.75, 3.05) is 37.4 Å². The highest BCUT2D eigenvalue weighted by Crippen LogP contribution is 2.25. The maximum Gasteiger partial charge on any atom is 0.224 e. The second-order valence-corrected chi connectivity index (χ2v) is 5.35. The minimum atomic E-state index is -0.732. The normalized spacial score (nSPS) is 17.6. The topological polar surface area (TPSA) is 79.3 Å². The molecule has 1 aliphatic rings. The maximum absolute atomic E-state index is 10.5. The van der Waals surface area contributed by atoms with Crippen molar-refractivity contribution in [1.82, 2.24) is 9.97 Å². The van der Waals surface area contributed by atoms with Crippen molar-refractivity contribution in [2.45, 2.75) is 18.4 Å². The molecule has 6 heteroatoms. The van der Waals surface area contributed by atoms with Crippen LogP contribution in [0.15, 0.2) is 24.3 Å². The molecule has 1 fully saturated rings. The monoisotopic (exact) mass is 288 g/mol. The summed E-state index contributed by atoms with van der Waals surface area (Å²) in [5.41, 5.74) is 0.141. The predicted octanol–water partition coefficient (Wildman–Crippen LogP) is 1.62. The quantitative estimate of drug-likeness (QED) is 0.793. The number of benzene rings is 1. The first-order valence-corrected chi connectivity index (χ1v) is 7.19. The number of nitrogens with one attached hydrogen (secondary N) is 2. The van der Waals surface area contributed by atoms with Gasteiger partial charge in [-0.25, -0.2) is 4.98 Å². The summed E-state index contributed by atoms with van der Waals surface area (Å²) in [6, 6.07) is 7.83. The Kier molecular flexibility index (Phi) is 3.90. The van der Waals surface area contributed by atoms with E-state index in [9.17, 15) is 5.11 Å². The predicted molar refractivity (Wildman–Crippen MR) is 82.6 cm³/mol. The molecule has 0 amide bonds. The van der Waals surface area contributed by atoms with Gasteiger partial charge in [-0.15, -0.1) is 0 Å². The van der Waals surface area contributed by atoms with Crippen molar-refractivity contribution >= 4 is 22.7 Å². The van der Waals surface area contributed by atoms with Gasteiger partial charge in [0.2, 0.25) is 5.95 Å². The first kappa shape index (κ1) is 14.0. The molecule has 0 radical (unpaired) electrons. The van der Waals surface area contributed by atoms with Crippen molar-refractivity contribution in [3.63, 3.8) is 0 Å². The van der Waals surface area contributed by atoms with Crippen LogP contribution in [0.4, 0.5) is 11.8 Å². The summed E-state index contributed by atoms with van der Waals surface area (Å²) in [6.07, 6.45) is 1.28. The number of anilines is 2. The Morgan fingerprint density at radius 2 is 2.00 bits per heavy atom. The third-order valence-corrected chi connectivity index (χ3v) is 3.84. The van der Waals surface area contributed by atoms with Crippen LogP contribution in [0, 0.1) is 0 Å². The van der Waals surface area contributed by atoms with Gasteiger partial charge in [0, 0.05) is 45.0 Å². The summed E-state index contributed by atoms with van der Waals surface area (Å²) in [5.74, 6) is 1.31. The number of nitrogens with zero attached hydrogens (tertiary/aromatic N) is 2. The van der Waals surface area contributed by atoms with Crippen molar-refractivity contribution in [3.8, 4) is 0 Å². The van der Waals surface area contributed by atoms with Crippen LogP contribution >= 0.6 is 0 Å². The van der Waals surface area contributed by atoms with Gasteiger partial charge in [-0.1, -0.05) is 12.1 Å². The Bertz CT molecular complexity index is 626. The summed E-state index contributed by atoms with van der Waals surface area (Å²) in [4.78, 5) is 8.88. The molecule has 3 N–H and O–H groups in total. The second kappa shape index (κ2) is 5.83. The molecular weight excluding hydrogens is 268 g/mol. The van der Waals surface area contributed by atoms with Crippen molar-refractivity contribution in [2.24, 2.45) is 0 Å². The van der Waals surface area contributed by atoms with E-state index in [1.807, 2.05) is 24.3 Å². The Morgan fingerprint density at radius 3 is 2.76 bits per heavy atom. The SMILES string of the molecule is CNc1nc(NCC2(O)CCOCC2)c2ccccc2n1. The highest BCUT2D eigenvalue weighted by molar-refractivity contribution is 5.90. The van der Waals surface area contributed by atoms with Crippen LogP contribution in [0.25, 0.3) is 10.9 Å². The van der Waals surface area contributed by atoms with E-state index in [1.54, 1.807) is 7.05 Å². The molecule has 0 spiro atoms. The van der Waals surface area contributed by atoms with E-state index < -0.39 is 5.60 Å². The number of rotatable bonds is 4. The third kappa shape index (κ3) is 3.06. The zero-order valence-corrected chi connectivity index (χ0v) is 12.1. The van der Waals surface area contributed by atoms with Crippen LogP contribution in [0.3, 0.4) is 0 Å². The minimum absolute atomic E-state index is 0.459. The van der Waals surface area contributed by atoms with Crippen LogP contribution in [0.5, 0.6) is 0 Å². The lowest BCUT2D eigenvalue weighted by Crippen LogP contribution is -2.42. The fourth-order valence-electron chi connectivity index (χ4n) is 2.50. The summed E-state index contributed by atoms with van der Waals surface area (Å²) < 4.78 is 5.30. The van der Waals surface area contributed by atoms with Gasteiger partial charge in [-0.3, -0.25) is 0 Å². The molecule has 0 aliphatic carbocycles. The lowest BCUT2D eigenvalue weighted by Gasteiger charge is -2.32. The van der Waals surface area contributed by atoms with Crippen molar-refractivity contribution in [3.05, 3.63) is 24.3 Å². The lowest BCUT2D eigenvalue weighted by molar-refractivity contribution is -0.0543. The van der Waals surface area contributed by atoms with Gasteiger partial charge >= 0.3 is 0 Å². The van der Waals surface area contributed by atoms with E-state index in [0.717, 1.165) is 16.7 Å². The first-order valence-electron chi connectivity index (χ1n) is 7.19. The highest BCUT2D eigenvalue weighted by atomic mass is 16.5. The average Bonchev–Trinajstić information content (AvgIpc) is 2.53. The van der Waals surface area contributed by atoms with Gasteiger partial charge in [-0.2, -0.15) is 4.98 Å². The first-order chi connectivity index (χ1) is 10.2. The van der Waals surface area contributed by atoms with Crippen LogP contribution in [0.2, 0.25) is 0 Å². The molecule has 2 heterocycles. The van der Waals surface area contributed by atoms with Crippen LogP contribution < -0.4 is 10.6 Å². The highest BCUT2D eigenvalue weighted by Gasteiger charge is 2.29. The smallest absolute Gasteiger partial charge is 0.224 e. The van der Waals surface area contributed by atoms with E-state index in [-0.39, 0.29) is 0 Å². The molecule has 112 valence electrons. The second-order valence-electron chi connectivity index (χ2n) is 5.35. The molecule has 1 saturated heterocycles. The lowest BCUT2D eigenvalue weighted by atomic mass is 9.94. The number of ether oxygens (including phenoxy) is 1. The third-order valence-electron chi connectivity index (χ3n) is 3.84. The van der Waals surface area contributed by atoms with Crippen molar-refractivity contribution < 1.29 is 9.84 Å². The summed E-state index contributed by atoms with van der Waals surface area (Å²) in [6.45, 7) is 1.66. The van der Waals surface area contributed by atoms with Gasteiger partial charge < -0.3 is 20.5 Å². The standard InChI is InChI=1S/C15H20N4O2/c1-16-14-18-12-5-3-2-4-11(12)13(19-14)17-10-15(20)6-8-21-9-7-15/h2-5,20H,6-10H2,1H3,(H2,16,17,18,19). The van der Waals surface area contributed by atoms with Gasteiger partial charge in [0.1, 0.15) is 5.82 Å². The molecule has 0 bridgehead atoms. The number of aliphatic hydroxyl groups is 1. The minimum Gasteiger partial charge on any atom is -0.388 e. The largest absolute Gasteiger partial charge is 0.388 e. The van der Waals surface area contributed by atoms with Crippen LogP contribution in [-0.4, -0.2) is 47.5 Å². The summed E-state index contributed by atoms with van der Waals surface area (Å²) in [7, 11) is 1.79. The zero-order chi connectivity index (χ0) is 14.7. The fraction of sp³-hybridized carbons (Fsp3) is 0.467. The Hall–Kier alpha value is -1.92. The van der Waals surface area contributed by atoms with E-state index in [4.69, 9.17) is 4.74 Å². The summed E-state index contributed by atoms with van der Waals surface area (Å²) >= 11 is 0. The molecule has 6 nitrogen and oxygen atoms in total. The van der Waals surface area contributed by atoms with E-state index >= 15 is 0 Å². The van der Waals surface area contributed by atoms with Crippen LogP contribution in [0.1, 0.15) is 12.8 Å². The Balaban J connectivity index is 1.85. The molecular formula is C15H20N4O2. The van der Waals surface area contributed by atoms with Crippen LogP contribution in [-0.2, 0) is 4.74 Å². The molecule has 21 heavy (non-hydrogen) atoms. The summed E-state index contributed by atoms with van der Waals surface area (Å²) in [5, 5.41) is 17.7. The number of hydrogen-bond donors (Lipinski definition) is 3. The molecule has 1 aromatic heterocycles. The molecule has 2 aromatic rings. The Morgan fingerprint density at radius 1 is 1.24 bits per heavy atom. The molecule has 1 aliphatic heterocycles. The molecule has 3 rings (SSSR count). The number of hydrogen-bond acceptors (Lipinski definition) is 6. The van der Waals surface area contributed by atoms with Gasteiger partial charge in [0.25, 0.3) is 0 Å². The Labute approximate surface area is 123 Å². The van der Waals surface area contributed by atoms with Crippen molar-refractivity contribution in [1.29, 1.82) is 0 Å². The van der Waals surface area contributed by atoms with Gasteiger partial charge in [0.15, 0.2) is 0 Å². The average molecular weight is 288 g/mol. The molecule has 1 aromatic carbocycles. The van der Waals surface area contributed by atoms with E-state index in [2.05, 4.69) is 20.6 Å². The van der Waals surface area contributed by atoms with Gasteiger partial charge in [-0.05, 0) is 12.1 Å². The van der Waals surface area contributed by atoms with E-state index in [1.165, 1.54) is 0 Å². The molecule has 0 atom stereocenters. The number of para-hydroxylation sites is 1. The maximum atomic E-state index is 10.5. The fourth-order valence-corrected chi connectivity index (χ4v) is 2.50. The number of aromatic nitrogens is 2. The molecule has 0 saturated carbocycles. The number of fused-ring (bicyclic) bond motifs is 1. The molecule has 0 unspecified atom stereocenters. The van der Waals surface area contributed by atoms with Gasteiger partial charge in [0.05, 0.1) is 11.1 Å².